The van der Waals surface area contributed by atoms with Gasteiger partial charge in [-0.05, 0) is 23.8 Å². The van der Waals surface area contributed by atoms with Crippen LogP contribution in [-0.4, -0.2) is 27.3 Å². The Morgan fingerprint density at radius 3 is 3.00 bits per heavy atom. The number of nitrogens with zero attached hydrogens (tertiary/aromatic N) is 3. The third-order valence-corrected chi connectivity index (χ3v) is 4.65. The van der Waals surface area contributed by atoms with Crippen molar-refractivity contribution >= 4 is 40.4 Å². The summed E-state index contributed by atoms with van der Waals surface area (Å²) < 4.78 is 14.7. The SMILES string of the molecule is CC(C)Sc1nsc(NC(=O)/C(C#N)=C\c2ccc3c(c2)OCO3)n1. The first kappa shape index (κ1) is 17.3. The Balaban J connectivity index is 1.73. The van der Waals surface area contributed by atoms with Crippen molar-refractivity contribution in [2.24, 2.45) is 0 Å². The van der Waals surface area contributed by atoms with Crippen molar-refractivity contribution < 1.29 is 14.3 Å². The van der Waals surface area contributed by atoms with E-state index in [2.05, 4.69) is 14.7 Å². The smallest absolute Gasteiger partial charge is 0.268 e. The molecule has 1 amide bonds. The van der Waals surface area contributed by atoms with Crippen LogP contribution in [0.4, 0.5) is 5.13 Å². The van der Waals surface area contributed by atoms with Gasteiger partial charge in [0.25, 0.3) is 5.91 Å². The summed E-state index contributed by atoms with van der Waals surface area (Å²) in [5.41, 5.74) is 0.636. The van der Waals surface area contributed by atoms with Gasteiger partial charge in [0, 0.05) is 16.8 Å². The topological polar surface area (TPSA) is 97.1 Å². The molecule has 0 atom stereocenters. The highest BCUT2D eigenvalue weighted by atomic mass is 32.2. The van der Waals surface area contributed by atoms with Gasteiger partial charge in [-0.15, -0.1) is 0 Å². The first-order valence-corrected chi connectivity index (χ1v) is 9.03. The molecule has 0 saturated carbocycles. The van der Waals surface area contributed by atoms with Crippen LogP contribution in [0.1, 0.15) is 19.4 Å². The van der Waals surface area contributed by atoms with E-state index < -0.39 is 5.91 Å². The molecule has 0 aliphatic carbocycles. The minimum atomic E-state index is -0.530. The lowest BCUT2D eigenvalue weighted by molar-refractivity contribution is -0.112. The molecule has 1 aliphatic heterocycles. The van der Waals surface area contributed by atoms with Gasteiger partial charge in [0.15, 0.2) is 11.5 Å². The van der Waals surface area contributed by atoms with Gasteiger partial charge < -0.3 is 9.47 Å². The van der Waals surface area contributed by atoms with E-state index >= 15 is 0 Å². The van der Waals surface area contributed by atoms with Crippen molar-refractivity contribution in [2.75, 3.05) is 12.1 Å². The predicted molar refractivity (Wildman–Crippen MR) is 95.7 cm³/mol. The van der Waals surface area contributed by atoms with Crippen molar-refractivity contribution in [3.63, 3.8) is 0 Å². The summed E-state index contributed by atoms with van der Waals surface area (Å²) in [6.07, 6.45) is 1.49. The molecular formula is C16H14N4O3S2. The molecule has 9 heteroatoms. The summed E-state index contributed by atoms with van der Waals surface area (Å²) in [6.45, 7) is 4.24. The van der Waals surface area contributed by atoms with E-state index in [1.165, 1.54) is 17.8 Å². The lowest BCUT2D eigenvalue weighted by Gasteiger charge is -2.01. The van der Waals surface area contributed by atoms with E-state index in [0.717, 1.165) is 11.5 Å². The molecule has 3 rings (SSSR count). The van der Waals surface area contributed by atoms with Crippen LogP contribution in [0, 0.1) is 11.3 Å². The summed E-state index contributed by atoms with van der Waals surface area (Å²) in [7, 11) is 0. The highest BCUT2D eigenvalue weighted by Gasteiger charge is 2.16. The fourth-order valence-corrected chi connectivity index (χ4v) is 3.38. The van der Waals surface area contributed by atoms with Gasteiger partial charge in [0.1, 0.15) is 11.6 Å². The zero-order valence-electron chi connectivity index (χ0n) is 13.5. The van der Waals surface area contributed by atoms with E-state index in [-0.39, 0.29) is 12.4 Å². The highest BCUT2D eigenvalue weighted by Crippen LogP contribution is 2.33. The largest absolute Gasteiger partial charge is 0.454 e. The van der Waals surface area contributed by atoms with Crippen LogP contribution in [0.15, 0.2) is 28.9 Å². The second-order valence-electron chi connectivity index (χ2n) is 5.29. The monoisotopic (exact) mass is 374 g/mol. The van der Waals surface area contributed by atoms with E-state index in [9.17, 15) is 10.1 Å². The molecule has 128 valence electrons. The normalized spacial score (nSPS) is 13.0. The average Bonchev–Trinajstić information content (AvgIpc) is 3.20. The highest BCUT2D eigenvalue weighted by molar-refractivity contribution is 7.99. The number of fused-ring (bicyclic) bond motifs is 1. The number of thioether (sulfide) groups is 1. The van der Waals surface area contributed by atoms with Crippen molar-refractivity contribution in [3.05, 3.63) is 29.3 Å². The Hall–Kier alpha value is -2.57. The number of carbonyl (C=O) groups excluding carboxylic acids is 1. The Morgan fingerprint density at radius 1 is 1.44 bits per heavy atom. The second-order valence-corrected chi connectivity index (χ2v) is 7.58. The number of carbonyl (C=O) groups is 1. The third-order valence-electron chi connectivity index (χ3n) is 3.04. The van der Waals surface area contributed by atoms with Gasteiger partial charge in [-0.2, -0.15) is 14.6 Å². The number of nitrogens with one attached hydrogen (secondary N) is 1. The van der Waals surface area contributed by atoms with Crippen molar-refractivity contribution in [1.29, 1.82) is 5.26 Å². The van der Waals surface area contributed by atoms with Crippen molar-refractivity contribution in [2.45, 2.75) is 24.3 Å². The van der Waals surface area contributed by atoms with E-state index in [4.69, 9.17) is 9.47 Å². The summed E-state index contributed by atoms with van der Waals surface area (Å²) in [4.78, 5) is 16.5. The average molecular weight is 374 g/mol. The predicted octanol–water partition coefficient (Wildman–Crippen LogP) is 3.31. The first-order valence-electron chi connectivity index (χ1n) is 7.38. The number of benzene rings is 1. The number of hydrogen-bond donors (Lipinski definition) is 1. The van der Waals surface area contributed by atoms with Crippen LogP contribution >= 0.6 is 23.3 Å². The fourth-order valence-electron chi connectivity index (χ4n) is 2.00. The number of hydrogen-bond acceptors (Lipinski definition) is 8. The van der Waals surface area contributed by atoms with Gasteiger partial charge in [0.2, 0.25) is 17.1 Å². The Kier molecular flexibility index (Phi) is 5.21. The number of nitriles is 1. The van der Waals surface area contributed by atoms with Gasteiger partial charge in [-0.3, -0.25) is 10.1 Å². The summed E-state index contributed by atoms with van der Waals surface area (Å²) in [5, 5.41) is 13.2. The number of aromatic nitrogens is 2. The molecule has 0 fully saturated rings. The molecule has 2 heterocycles. The molecule has 0 radical (unpaired) electrons. The number of rotatable bonds is 5. The molecule has 1 aromatic carbocycles. The van der Waals surface area contributed by atoms with Crippen molar-refractivity contribution in [3.8, 4) is 17.6 Å². The molecule has 2 aromatic rings. The quantitative estimate of drug-likeness (QED) is 0.487. The van der Waals surface area contributed by atoms with Crippen molar-refractivity contribution in [1.82, 2.24) is 9.36 Å². The molecule has 7 nitrogen and oxygen atoms in total. The first-order chi connectivity index (χ1) is 12.0. The van der Waals surface area contributed by atoms with Crippen LogP contribution < -0.4 is 14.8 Å². The number of amides is 1. The molecule has 0 bridgehead atoms. The standard InChI is InChI=1S/C16H14N4O3S2/c1-9(2)24-16-19-15(25-20-16)18-14(21)11(7-17)5-10-3-4-12-13(6-10)23-8-22-12/h3-6,9H,8H2,1-2H3,(H,18,19,20,21)/b11-5-. The Bertz CT molecular complexity index is 871. The lowest BCUT2D eigenvalue weighted by atomic mass is 10.1. The third kappa shape index (κ3) is 4.29. The molecule has 1 N–H and O–H groups in total. The maximum atomic E-state index is 12.3. The number of anilines is 1. The molecule has 0 saturated heterocycles. The van der Waals surface area contributed by atoms with Crippen LogP contribution in [-0.2, 0) is 4.79 Å². The molecule has 25 heavy (non-hydrogen) atoms. The molecular weight excluding hydrogens is 360 g/mol. The van der Waals surface area contributed by atoms with E-state index in [1.54, 1.807) is 18.2 Å². The lowest BCUT2D eigenvalue weighted by Crippen LogP contribution is -2.13. The van der Waals surface area contributed by atoms with Crippen LogP contribution in [0.3, 0.4) is 0 Å². The van der Waals surface area contributed by atoms with Gasteiger partial charge >= 0.3 is 0 Å². The second kappa shape index (κ2) is 7.55. The summed E-state index contributed by atoms with van der Waals surface area (Å²) in [5.74, 6) is 0.701. The van der Waals surface area contributed by atoms with Gasteiger partial charge in [0.05, 0.1) is 0 Å². The van der Waals surface area contributed by atoms with Gasteiger partial charge in [-0.25, -0.2) is 0 Å². The van der Waals surface area contributed by atoms with Crippen LogP contribution in [0.25, 0.3) is 6.08 Å². The van der Waals surface area contributed by atoms with E-state index in [1.807, 2.05) is 19.9 Å². The zero-order valence-corrected chi connectivity index (χ0v) is 15.1. The Labute approximate surface area is 152 Å². The number of ether oxygens (including phenoxy) is 2. The maximum Gasteiger partial charge on any atom is 0.268 e. The van der Waals surface area contributed by atoms with Gasteiger partial charge in [-0.1, -0.05) is 31.7 Å². The van der Waals surface area contributed by atoms with Crippen LogP contribution in [0.2, 0.25) is 0 Å². The summed E-state index contributed by atoms with van der Waals surface area (Å²) >= 11 is 2.59. The fraction of sp³-hybridized carbons (Fsp3) is 0.250. The maximum absolute atomic E-state index is 12.3. The van der Waals surface area contributed by atoms with Crippen LogP contribution in [0.5, 0.6) is 11.5 Å². The molecule has 1 aliphatic rings. The molecule has 0 unspecified atom stereocenters. The Morgan fingerprint density at radius 2 is 2.24 bits per heavy atom. The molecule has 0 spiro atoms. The minimum absolute atomic E-state index is 0.0351. The summed E-state index contributed by atoms with van der Waals surface area (Å²) in [6, 6.07) is 7.11. The zero-order chi connectivity index (χ0) is 17.8. The molecule has 1 aromatic heterocycles. The van der Waals surface area contributed by atoms with E-state index in [0.29, 0.717) is 32.6 Å². The minimum Gasteiger partial charge on any atom is -0.454 e.